The number of piperidine rings is 1. The molecule has 1 aromatic carbocycles. The zero-order valence-electron chi connectivity index (χ0n) is 17.6. The van der Waals surface area contributed by atoms with Crippen molar-refractivity contribution in [2.75, 3.05) is 6.54 Å². The summed E-state index contributed by atoms with van der Waals surface area (Å²) in [5.41, 5.74) is 1.70. The van der Waals surface area contributed by atoms with Crippen LogP contribution in [0.5, 0.6) is 5.75 Å². The van der Waals surface area contributed by atoms with Gasteiger partial charge in [-0.1, -0.05) is 22.0 Å². The Morgan fingerprint density at radius 2 is 2.07 bits per heavy atom. The van der Waals surface area contributed by atoms with Crippen LogP contribution in [0.4, 0.5) is 4.79 Å². The molecular weight excluding hydrogens is 448 g/mol. The maximum atomic E-state index is 12.6. The standard InChI is InChI=1S/C23H27BrN2O4/c1-23(2,3)30-22(28)26-11-5-4-6-20(26)16-7-9-19(25-13-16)15-29-21-10-8-18(24)12-17(21)14-27/h7-10,12-14,20H,4-6,11,15H2,1-3H3. The van der Waals surface area contributed by atoms with Gasteiger partial charge in [-0.3, -0.25) is 9.78 Å². The lowest BCUT2D eigenvalue weighted by atomic mass is 9.96. The lowest BCUT2D eigenvalue weighted by molar-refractivity contribution is 0.00946. The molecule has 6 nitrogen and oxygen atoms in total. The van der Waals surface area contributed by atoms with Crippen LogP contribution >= 0.6 is 15.9 Å². The smallest absolute Gasteiger partial charge is 0.410 e. The topological polar surface area (TPSA) is 68.7 Å². The molecule has 30 heavy (non-hydrogen) atoms. The van der Waals surface area contributed by atoms with Crippen molar-refractivity contribution < 1.29 is 19.1 Å². The van der Waals surface area contributed by atoms with Gasteiger partial charge >= 0.3 is 6.09 Å². The molecule has 7 heteroatoms. The Hall–Kier alpha value is -2.41. The minimum absolute atomic E-state index is 0.0378. The SMILES string of the molecule is CC(C)(C)OC(=O)N1CCCCC1c1ccc(COc2ccc(Br)cc2C=O)nc1. The van der Waals surface area contributed by atoms with Gasteiger partial charge in [-0.25, -0.2) is 4.79 Å². The van der Waals surface area contributed by atoms with Crippen LogP contribution in [0.2, 0.25) is 0 Å². The third-order valence-electron chi connectivity index (χ3n) is 4.84. The number of likely N-dealkylation sites (tertiary alicyclic amines) is 1. The predicted molar refractivity (Wildman–Crippen MR) is 118 cm³/mol. The number of pyridine rings is 1. The first-order valence-electron chi connectivity index (χ1n) is 10.1. The van der Waals surface area contributed by atoms with Crippen molar-refractivity contribution in [3.05, 3.63) is 57.8 Å². The van der Waals surface area contributed by atoms with E-state index in [9.17, 15) is 9.59 Å². The fourth-order valence-electron chi connectivity index (χ4n) is 3.43. The van der Waals surface area contributed by atoms with E-state index in [1.807, 2.05) is 39.0 Å². The number of ether oxygens (including phenoxy) is 2. The van der Waals surface area contributed by atoms with Crippen LogP contribution in [0.3, 0.4) is 0 Å². The summed E-state index contributed by atoms with van der Waals surface area (Å²) in [5.74, 6) is 0.516. The number of carbonyl (C=O) groups is 2. The van der Waals surface area contributed by atoms with E-state index in [1.54, 1.807) is 23.2 Å². The number of rotatable bonds is 5. The van der Waals surface area contributed by atoms with Gasteiger partial charge in [-0.15, -0.1) is 0 Å². The highest BCUT2D eigenvalue weighted by atomic mass is 79.9. The fourth-order valence-corrected chi connectivity index (χ4v) is 3.81. The number of halogens is 1. The summed E-state index contributed by atoms with van der Waals surface area (Å²) in [4.78, 5) is 30.2. The van der Waals surface area contributed by atoms with Gasteiger partial charge in [0.2, 0.25) is 0 Å². The zero-order valence-corrected chi connectivity index (χ0v) is 19.1. The molecule has 1 saturated heterocycles. The third kappa shape index (κ3) is 5.81. The molecule has 3 rings (SSSR count). The van der Waals surface area contributed by atoms with Crippen LogP contribution in [-0.4, -0.2) is 34.4 Å². The number of aromatic nitrogens is 1. The summed E-state index contributed by atoms with van der Waals surface area (Å²) in [6.45, 7) is 6.57. The number of hydrogen-bond donors (Lipinski definition) is 0. The lowest BCUT2D eigenvalue weighted by Gasteiger charge is -2.36. The van der Waals surface area contributed by atoms with Crippen LogP contribution in [0.1, 0.15) is 67.7 Å². The van der Waals surface area contributed by atoms with Crippen LogP contribution in [0.25, 0.3) is 0 Å². The molecule has 0 N–H and O–H groups in total. The molecule has 1 fully saturated rings. The summed E-state index contributed by atoms with van der Waals surface area (Å²) in [6, 6.07) is 9.14. The average Bonchev–Trinajstić information content (AvgIpc) is 2.72. The molecule has 1 aliphatic rings. The van der Waals surface area contributed by atoms with Crippen molar-refractivity contribution >= 4 is 28.3 Å². The van der Waals surface area contributed by atoms with Crippen LogP contribution < -0.4 is 4.74 Å². The van der Waals surface area contributed by atoms with Crippen LogP contribution in [-0.2, 0) is 11.3 Å². The van der Waals surface area contributed by atoms with Gasteiger partial charge in [-0.05, 0) is 69.9 Å². The van der Waals surface area contributed by atoms with Crippen molar-refractivity contribution in [3.8, 4) is 5.75 Å². The minimum Gasteiger partial charge on any atom is -0.487 e. The third-order valence-corrected chi connectivity index (χ3v) is 5.33. The van der Waals surface area contributed by atoms with Gasteiger partial charge in [0.15, 0.2) is 6.29 Å². The van der Waals surface area contributed by atoms with Gasteiger partial charge in [0.05, 0.1) is 17.3 Å². The van der Waals surface area contributed by atoms with Crippen molar-refractivity contribution in [1.82, 2.24) is 9.88 Å². The summed E-state index contributed by atoms with van der Waals surface area (Å²) >= 11 is 3.35. The first-order chi connectivity index (χ1) is 14.3. The predicted octanol–water partition coefficient (Wildman–Crippen LogP) is 5.70. The molecule has 0 spiro atoms. The highest BCUT2D eigenvalue weighted by Crippen LogP contribution is 2.32. The highest BCUT2D eigenvalue weighted by molar-refractivity contribution is 9.10. The molecule has 1 atom stereocenters. The normalized spacial score (nSPS) is 16.8. The summed E-state index contributed by atoms with van der Waals surface area (Å²) < 4.78 is 12.2. The van der Waals surface area contributed by atoms with E-state index in [4.69, 9.17) is 9.47 Å². The van der Waals surface area contributed by atoms with E-state index in [1.165, 1.54) is 0 Å². The molecule has 0 aliphatic carbocycles. The second kappa shape index (κ2) is 9.60. The molecule has 160 valence electrons. The lowest BCUT2D eigenvalue weighted by Crippen LogP contribution is -2.41. The molecule has 1 unspecified atom stereocenters. The van der Waals surface area contributed by atoms with Crippen molar-refractivity contribution in [3.63, 3.8) is 0 Å². The molecule has 0 bridgehead atoms. The van der Waals surface area contributed by atoms with Crippen LogP contribution in [0, 0.1) is 0 Å². The number of carbonyl (C=O) groups excluding carboxylic acids is 2. The Morgan fingerprint density at radius 1 is 1.27 bits per heavy atom. The molecule has 1 aliphatic heterocycles. The second-order valence-electron chi connectivity index (χ2n) is 8.36. The van der Waals surface area contributed by atoms with E-state index in [0.717, 1.165) is 41.3 Å². The molecule has 0 radical (unpaired) electrons. The maximum absolute atomic E-state index is 12.6. The van der Waals surface area contributed by atoms with E-state index < -0.39 is 5.60 Å². The van der Waals surface area contributed by atoms with Crippen molar-refractivity contribution in [2.24, 2.45) is 0 Å². The van der Waals surface area contributed by atoms with E-state index in [0.29, 0.717) is 17.9 Å². The summed E-state index contributed by atoms with van der Waals surface area (Å²) in [5, 5.41) is 0. The minimum atomic E-state index is -0.522. The van der Waals surface area contributed by atoms with E-state index in [2.05, 4.69) is 20.9 Å². The second-order valence-corrected chi connectivity index (χ2v) is 9.27. The Morgan fingerprint density at radius 3 is 2.73 bits per heavy atom. The van der Waals surface area contributed by atoms with Gasteiger partial charge in [0.1, 0.15) is 18.0 Å². The van der Waals surface area contributed by atoms with E-state index >= 15 is 0 Å². The van der Waals surface area contributed by atoms with Crippen molar-refractivity contribution in [2.45, 2.75) is 58.3 Å². The quantitative estimate of drug-likeness (QED) is 0.519. The first-order valence-corrected chi connectivity index (χ1v) is 10.9. The Balaban J connectivity index is 1.68. The highest BCUT2D eigenvalue weighted by Gasteiger charge is 2.31. The Bertz CT molecular complexity index is 893. The Kier molecular flexibility index (Phi) is 7.13. The number of amides is 1. The fraction of sp³-hybridized carbons (Fsp3) is 0.435. The van der Waals surface area contributed by atoms with Gasteiger partial charge in [0, 0.05) is 17.2 Å². The molecule has 2 heterocycles. The first kappa shape index (κ1) is 22.3. The number of hydrogen-bond acceptors (Lipinski definition) is 5. The molecule has 0 saturated carbocycles. The monoisotopic (exact) mass is 474 g/mol. The molecular formula is C23H27BrN2O4. The number of nitrogens with zero attached hydrogens (tertiary/aromatic N) is 2. The summed E-state index contributed by atoms with van der Waals surface area (Å²) in [7, 11) is 0. The maximum Gasteiger partial charge on any atom is 0.410 e. The summed E-state index contributed by atoms with van der Waals surface area (Å²) in [6.07, 6.45) is 5.21. The van der Waals surface area contributed by atoms with Gasteiger partial charge in [-0.2, -0.15) is 0 Å². The zero-order chi connectivity index (χ0) is 21.7. The average molecular weight is 475 g/mol. The van der Waals surface area contributed by atoms with Gasteiger partial charge < -0.3 is 14.4 Å². The molecule has 1 aromatic heterocycles. The van der Waals surface area contributed by atoms with Gasteiger partial charge in [0.25, 0.3) is 0 Å². The number of aldehydes is 1. The largest absolute Gasteiger partial charge is 0.487 e. The molecule has 2 aromatic rings. The molecule has 1 amide bonds. The van der Waals surface area contributed by atoms with E-state index in [-0.39, 0.29) is 18.7 Å². The van der Waals surface area contributed by atoms with Crippen molar-refractivity contribution in [1.29, 1.82) is 0 Å². The van der Waals surface area contributed by atoms with Crippen LogP contribution in [0.15, 0.2) is 41.0 Å². The number of benzene rings is 1. The Labute approximate surface area is 185 Å².